The molecule has 100 valence electrons. The van der Waals surface area contributed by atoms with Gasteiger partial charge in [-0.3, -0.25) is 0 Å². The van der Waals surface area contributed by atoms with E-state index in [0.717, 1.165) is 18.5 Å². The van der Waals surface area contributed by atoms with Gasteiger partial charge in [0.1, 0.15) is 0 Å². The van der Waals surface area contributed by atoms with Crippen LogP contribution in [0.1, 0.15) is 24.2 Å². The SMILES string of the molecule is CC(O)c1ccc(CCN2CCN(C)CC2)cc1. The zero-order valence-electron chi connectivity index (χ0n) is 11.5. The fourth-order valence-electron chi connectivity index (χ4n) is 2.32. The van der Waals surface area contributed by atoms with Gasteiger partial charge in [-0.1, -0.05) is 24.3 Å². The van der Waals surface area contributed by atoms with E-state index in [0.29, 0.717) is 0 Å². The second kappa shape index (κ2) is 6.32. The highest BCUT2D eigenvalue weighted by molar-refractivity contribution is 5.24. The maximum Gasteiger partial charge on any atom is 0.0761 e. The number of rotatable bonds is 4. The number of aliphatic hydroxyl groups excluding tert-OH is 1. The molecule has 0 saturated carbocycles. The van der Waals surface area contributed by atoms with Gasteiger partial charge < -0.3 is 14.9 Å². The Hall–Kier alpha value is -0.900. The van der Waals surface area contributed by atoms with Crippen LogP contribution >= 0.6 is 0 Å². The summed E-state index contributed by atoms with van der Waals surface area (Å²) in [4.78, 5) is 4.91. The van der Waals surface area contributed by atoms with Crippen molar-refractivity contribution in [1.29, 1.82) is 0 Å². The third-order valence-corrected chi connectivity index (χ3v) is 3.77. The lowest BCUT2D eigenvalue weighted by molar-refractivity contribution is 0.155. The van der Waals surface area contributed by atoms with Gasteiger partial charge in [-0.25, -0.2) is 0 Å². The van der Waals surface area contributed by atoms with E-state index in [9.17, 15) is 5.11 Å². The van der Waals surface area contributed by atoms with Crippen LogP contribution in [0.3, 0.4) is 0 Å². The molecule has 0 radical (unpaired) electrons. The summed E-state index contributed by atoms with van der Waals surface area (Å²) in [5.74, 6) is 0. The summed E-state index contributed by atoms with van der Waals surface area (Å²) in [6, 6.07) is 8.34. The molecule has 0 aliphatic carbocycles. The first kappa shape index (κ1) is 13.5. The highest BCUT2D eigenvalue weighted by Gasteiger charge is 2.13. The van der Waals surface area contributed by atoms with Gasteiger partial charge in [0.2, 0.25) is 0 Å². The van der Waals surface area contributed by atoms with E-state index in [-0.39, 0.29) is 6.10 Å². The van der Waals surface area contributed by atoms with Crippen molar-refractivity contribution < 1.29 is 5.11 Å². The molecule has 0 bridgehead atoms. The summed E-state index contributed by atoms with van der Waals surface area (Å²) in [5, 5.41) is 9.46. The molecule has 2 rings (SSSR count). The van der Waals surface area contributed by atoms with Crippen molar-refractivity contribution in [2.45, 2.75) is 19.4 Å². The van der Waals surface area contributed by atoms with Gasteiger partial charge >= 0.3 is 0 Å². The Morgan fingerprint density at radius 3 is 2.28 bits per heavy atom. The predicted octanol–water partition coefficient (Wildman–Crippen LogP) is 1.53. The summed E-state index contributed by atoms with van der Waals surface area (Å²) >= 11 is 0. The predicted molar refractivity (Wildman–Crippen MR) is 74.7 cm³/mol. The summed E-state index contributed by atoms with van der Waals surface area (Å²) in [7, 11) is 2.19. The van der Waals surface area contributed by atoms with E-state index in [2.05, 4.69) is 29.0 Å². The van der Waals surface area contributed by atoms with Crippen LogP contribution in [0.15, 0.2) is 24.3 Å². The summed E-state index contributed by atoms with van der Waals surface area (Å²) in [6.45, 7) is 7.67. The van der Waals surface area contributed by atoms with Crippen LogP contribution in [0, 0.1) is 0 Å². The smallest absolute Gasteiger partial charge is 0.0761 e. The van der Waals surface area contributed by atoms with Crippen molar-refractivity contribution in [3.63, 3.8) is 0 Å². The fourth-order valence-corrected chi connectivity index (χ4v) is 2.32. The first-order valence-corrected chi connectivity index (χ1v) is 6.83. The topological polar surface area (TPSA) is 26.7 Å². The van der Waals surface area contributed by atoms with Crippen molar-refractivity contribution in [2.24, 2.45) is 0 Å². The molecule has 1 aliphatic rings. The largest absolute Gasteiger partial charge is 0.389 e. The first-order valence-electron chi connectivity index (χ1n) is 6.83. The molecule has 0 amide bonds. The zero-order valence-corrected chi connectivity index (χ0v) is 11.5. The Labute approximate surface area is 110 Å². The van der Waals surface area contributed by atoms with Crippen LogP contribution in [-0.4, -0.2) is 54.7 Å². The molecule has 1 heterocycles. The molecule has 1 N–H and O–H groups in total. The Bertz CT molecular complexity index is 353. The molecule has 1 atom stereocenters. The number of piperazine rings is 1. The molecule has 3 nitrogen and oxygen atoms in total. The number of hydrogen-bond acceptors (Lipinski definition) is 3. The van der Waals surface area contributed by atoms with E-state index in [1.807, 2.05) is 12.1 Å². The van der Waals surface area contributed by atoms with Gasteiger partial charge in [0.05, 0.1) is 6.10 Å². The van der Waals surface area contributed by atoms with E-state index in [1.54, 1.807) is 6.92 Å². The van der Waals surface area contributed by atoms with Crippen LogP contribution in [0.5, 0.6) is 0 Å². The molecule has 1 saturated heterocycles. The van der Waals surface area contributed by atoms with Gasteiger partial charge in [0, 0.05) is 32.7 Å². The Morgan fingerprint density at radius 2 is 1.72 bits per heavy atom. The number of nitrogens with zero attached hydrogens (tertiary/aromatic N) is 2. The molecule has 1 unspecified atom stereocenters. The summed E-state index contributed by atoms with van der Waals surface area (Å²) < 4.78 is 0. The number of likely N-dealkylation sites (N-methyl/N-ethyl adjacent to an activating group) is 1. The normalized spacial score (nSPS) is 19.9. The highest BCUT2D eigenvalue weighted by Crippen LogP contribution is 2.13. The lowest BCUT2D eigenvalue weighted by Crippen LogP contribution is -2.45. The Balaban J connectivity index is 1.79. The average Bonchev–Trinajstić information content (AvgIpc) is 2.38. The number of aliphatic hydroxyl groups is 1. The zero-order chi connectivity index (χ0) is 13.0. The van der Waals surface area contributed by atoms with E-state index >= 15 is 0 Å². The van der Waals surface area contributed by atoms with Crippen LogP contribution in [0.4, 0.5) is 0 Å². The van der Waals surface area contributed by atoms with E-state index in [1.165, 1.54) is 31.7 Å². The lowest BCUT2D eigenvalue weighted by Gasteiger charge is -2.32. The quantitative estimate of drug-likeness (QED) is 0.875. The van der Waals surface area contributed by atoms with Gasteiger partial charge in [-0.15, -0.1) is 0 Å². The third-order valence-electron chi connectivity index (χ3n) is 3.77. The standard InChI is InChI=1S/C15H24N2O/c1-13(18)15-5-3-14(4-6-15)7-8-17-11-9-16(2)10-12-17/h3-6,13,18H,7-12H2,1-2H3. The van der Waals surface area contributed by atoms with Crippen molar-refractivity contribution in [3.05, 3.63) is 35.4 Å². The minimum atomic E-state index is -0.364. The number of hydrogen-bond donors (Lipinski definition) is 1. The molecule has 3 heteroatoms. The van der Waals surface area contributed by atoms with E-state index in [4.69, 9.17) is 0 Å². The van der Waals surface area contributed by atoms with Crippen LogP contribution in [0.25, 0.3) is 0 Å². The van der Waals surface area contributed by atoms with Gasteiger partial charge in [-0.05, 0) is 31.5 Å². The lowest BCUT2D eigenvalue weighted by atomic mass is 10.1. The molecule has 1 fully saturated rings. The molecule has 0 aromatic heterocycles. The number of benzene rings is 1. The monoisotopic (exact) mass is 248 g/mol. The Morgan fingerprint density at radius 1 is 1.11 bits per heavy atom. The Kier molecular flexibility index (Phi) is 4.75. The average molecular weight is 248 g/mol. The molecule has 1 aromatic rings. The molecule has 1 aromatic carbocycles. The second-order valence-corrected chi connectivity index (χ2v) is 5.31. The molecule has 1 aliphatic heterocycles. The van der Waals surface area contributed by atoms with Crippen molar-refractivity contribution >= 4 is 0 Å². The molecular weight excluding hydrogens is 224 g/mol. The molecule has 18 heavy (non-hydrogen) atoms. The minimum Gasteiger partial charge on any atom is -0.389 e. The minimum absolute atomic E-state index is 0.364. The summed E-state index contributed by atoms with van der Waals surface area (Å²) in [6.07, 6.45) is 0.737. The molecule has 0 spiro atoms. The maximum absolute atomic E-state index is 9.46. The molecular formula is C15H24N2O. The maximum atomic E-state index is 9.46. The van der Waals surface area contributed by atoms with Gasteiger partial charge in [0.15, 0.2) is 0 Å². The van der Waals surface area contributed by atoms with Gasteiger partial charge in [0.25, 0.3) is 0 Å². The van der Waals surface area contributed by atoms with Gasteiger partial charge in [-0.2, -0.15) is 0 Å². The third kappa shape index (κ3) is 3.80. The van der Waals surface area contributed by atoms with E-state index < -0.39 is 0 Å². The van der Waals surface area contributed by atoms with Crippen molar-refractivity contribution in [1.82, 2.24) is 9.80 Å². The van der Waals surface area contributed by atoms with Crippen LogP contribution in [0.2, 0.25) is 0 Å². The van der Waals surface area contributed by atoms with Crippen LogP contribution in [-0.2, 0) is 6.42 Å². The second-order valence-electron chi connectivity index (χ2n) is 5.31. The van der Waals surface area contributed by atoms with Crippen molar-refractivity contribution in [3.8, 4) is 0 Å². The highest BCUT2D eigenvalue weighted by atomic mass is 16.3. The summed E-state index contributed by atoms with van der Waals surface area (Å²) in [5.41, 5.74) is 2.36. The fraction of sp³-hybridized carbons (Fsp3) is 0.600. The van der Waals surface area contributed by atoms with Crippen molar-refractivity contribution in [2.75, 3.05) is 39.8 Å². The first-order chi connectivity index (χ1) is 8.65. The van der Waals surface area contributed by atoms with Crippen LogP contribution < -0.4 is 0 Å².